The molecule has 7 heteroatoms. The van der Waals surface area contributed by atoms with E-state index in [4.69, 9.17) is 0 Å². The molecule has 0 unspecified atom stereocenters. The van der Waals surface area contributed by atoms with Crippen molar-refractivity contribution in [2.24, 2.45) is 5.92 Å². The lowest BCUT2D eigenvalue weighted by molar-refractivity contribution is -0.120. The van der Waals surface area contributed by atoms with Gasteiger partial charge in [-0.2, -0.15) is 0 Å². The third kappa shape index (κ3) is 5.33. The maximum Gasteiger partial charge on any atom is 0.272 e. The van der Waals surface area contributed by atoms with Crippen molar-refractivity contribution < 1.29 is 9.59 Å². The molecule has 1 rings (SSSR count). The standard InChI is InChI=1S/C12H19N5O2/c1-8(2)4-15-11(18)7-16-12(19)9-5-14-6-10(13-3)17-9/h5-6,8H,4,7H2,1-3H3,(H,13,17)(H,15,18)(H,16,19). The van der Waals surface area contributed by atoms with Gasteiger partial charge in [0.1, 0.15) is 11.5 Å². The number of nitrogens with one attached hydrogen (secondary N) is 3. The molecule has 0 radical (unpaired) electrons. The SMILES string of the molecule is CNc1cncc(C(=O)NCC(=O)NCC(C)C)n1. The minimum Gasteiger partial charge on any atom is -0.372 e. The molecular formula is C12H19N5O2. The van der Waals surface area contributed by atoms with Gasteiger partial charge >= 0.3 is 0 Å². The lowest BCUT2D eigenvalue weighted by Gasteiger charge is -2.08. The number of nitrogens with zero attached hydrogens (tertiary/aromatic N) is 2. The molecule has 1 heterocycles. The van der Waals surface area contributed by atoms with Crippen molar-refractivity contribution in [3.8, 4) is 0 Å². The van der Waals surface area contributed by atoms with Gasteiger partial charge in [-0.3, -0.25) is 14.6 Å². The summed E-state index contributed by atoms with van der Waals surface area (Å²) in [5.41, 5.74) is 0.170. The second-order valence-corrected chi connectivity index (χ2v) is 4.42. The fourth-order valence-corrected chi connectivity index (χ4v) is 1.23. The predicted octanol–water partition coefficient (Wildman–Crippen LogP) is 0.0203. The van der Waals surface area contributed by atoms with E-state index < -0.39 is 5.91 Å². The summed E-state index contributed by atoms with van der Waals surface area (Å²) in [6.07, 6.45) is 2.86. The Morgan fingerprint density at radius 2 is 2.00 bits per heavy atom. The summed E-state index contributed by atoms with van der Waals surface area (Å²) in [6.45, 7) is 4.51. The lowest BCUT2D eigenvalue weighted by Crippen LogP contribution is -2.38. The molecule has 7 nitrogen and oxygen atoms in total. The first-order valence-corrected chi connectivity index (χ1v) is 6.07. The van der Waals surface area contributed by atoms with Gasteiger partial charge < -0.3 is 16.0 Å². The van der Waals surface area contributed by atoms with Crippen LogP contribution in [0.25, 0.3) is 0 Å². The molecule has 3 N–H and O–H groups in total. The van der Waals surface area contributed by atoms with Crippen LogP contribution in [0, 0.1) is 5.92 Å². The molecule has 0 saturated carbocycles. The summed E-state index contributed by atoms with van der Waals surface area (Å²) in [5.74, 6) is 0.221. The number of carbonyl (C=O) groups excluding carboxylic acids is 2. The Morgan fingerprint density at radius 1 is 1.26 bits per heavy atom. The van der Waals surface area contributed by atoms with Gasteiger partial charge in [0.15, 0.2) is 0 Å². The monoisotopic (exact) mass is 265 g/mol. The fraction of sp³-hybridized carbons (Fsp3) is 0.500. The number of rotatable bonds is 6. The van der Waals surface area contributed by atoms with Gasteiger partial charge in [-0.1, -0.05) is 13.8 Å². The van der Waals surface area contributed by atoms with E-state index in [0.29, 0.717) is 18.3 Å². The van der Waals surface area contributed by atoms with Gasteiger partial charge in [0.05, 0.1) is 18.9 Å². The zero-order valence-electron chi connectivity index (χ0n) is 11.4. The van der Waals surface area contributed by atoms with Crippen LogP contribution in [-0.2, 0) is 4.79 Å². The largest absolute Gasteiger partial charge is 0.372 e. The molecule has 19 heavy (non-hydrogen) atoms. The predicted molar refractivity (Wildman–Crippen MR) is 71.8 cm³/mol. The van der Waals surface area contributed by atoms with E-state index in [1.54, 1.807) is 7.05 Å². The second-order valence-electron chi connectivity index (χ2n) is 4.42. The first-order valence-electron chi connectivity index (χ1n) is 6.07. The summed E-state index contributed by atoms with van der Waals surface area (Å²) < 4.78 is 0. The molecule has 104 valence electrons. The van der Waals surface area contributed by atoms with E-state index in [1.165, 1.54) is 12.4 Å². The zero-order valence-corrected chi connectivity index (χ0v) is 11.4. The summed E-state index contributed by atoms with van der Waals surface area (Å²) >= 11 is 0. The summed E-state index contributed by atoms with van der Waals surface area (Å²) in [4.78, 5) is 31.1. The molecule has 1 aromatic heterocycles. The molecule has 0 spiro atoms. The molecule has 1 aromatic rings. The molecular weight excluding hydrogens is 246 g/mol. The van der Waals surface area contributed by atoms with Crippen LogP contribution in [0.3, 0.4) is 0 Å². The highest BCUT2D eigenvalue weighted by atomic mass is 16.2. The van der Waals surface area contributed by atoms with Gasteiger partial charge in [-0.05, 0) is 5.92 Å². The highest BCUT2D eigenvalue weighted by molar-refractivity contribution is 5.94. The Kier molecular flexibility index (Phi) is 5.72. The molecule has 0 atom stereocenters. The second kappa shape index (κ2) is 7.30. The molecule has 0 bridgehead atoms. The number of hydrogen-bond donors (Lipinski definition) is 3. The minimum atomic E-state index is -0.427. The Hall–Kier alpha value is -2.18. The first-order chi connectivity index (χ1) is 9.02. The molecule has 0 saturated heterocycles. The van der Waals surface area contributed by atoms with Crippen LogP contribution in [0.5, 0.6) is 0 Å². The van der Waals surface area contributed by atoms with Crippen LogP contribution in [0.4, 0.5) is 5.82 Å². The topological polar surface area (TPSA) is 96.0 Å². The van der Waals surface area contributed by atoms with Crippen LogP contribution in [0.15, 0.2) is 12.4 Å². The van der Waals surface area contributed by atoms with Crippen molar-refractivity contribution in [2.45, 2.75) is 13.8 Å². The van der Waals surface area contributed by atoms with Crippen LogP contribution < -0.4 is 16.0 Å². The molecule has 0 aliphatic rings. The van der Waals surface area contributed by atoms with Crippen molar-refractivity contribution in [3.63, 3.8) is 0 Å². The molecule has 0 aromatic carbocycles. The maximum atomic E-state index is 11.7. The van der Waals surface area contributed by atoms with E-state index in [9.17, 15) is 9.59 Å². The molecule has 0 fully saturated rings. The van der Waals surface area contributed by atoms with Crippen molar-refractivity contribution in [2.75, 3.05) is 25.5 Å². The van der Waals surface area contributed by atoms with E-state index >= 15 is 0 Å². The van der Waals surface area contributed by atoms with Crippen LogP contribution >= 0.6 is 0 Å². The van der Waals surface area contributed by atoms with Gasteiger partial charge in [0.25, 0.3) is 5.91 Å². The Morgan fingerprint density at radius 3 is 2.63 bits per heavy atom. The van der Waals surface area contributed by atoms with E-state index in [2.05, 4.69) is 25.9 Å². The van der Waals surface area contributed by atoms with Crippen LogP contribution in [0.1, 0.15) is 24.3 Å². The van der Waals surface area contributed by atoms with Crippen molar-refractivity contribution in [1.82, 2.24) is 20.6 Å². The average Bonchev–Trinajstić information content (AvgIpc) is 2.42. The zero-order chi connectivity index (χ0) is 14.3. The lowest BCUT2D eigenvalue weighted by atomic mass is 10.2. The third-order valence-corrected chi connectivity index (χ3v) is 2.24. The van der Waals surface area contributed by atoms with E-state index in [-0.39, 0.29) is 18.1 Å². The summed E-state index contributed by atoms with van der Waals surface area (Å²) in [6, 6.07) is 0. The first kappa shape index (κ1) is 14.9. The van der Waals surface area contributed by atoms with Crippen LogP contribution in [-0.4, -0.2) is 41.9 Å². The fourth-order valence-electron chi connectivity index (χ4n) is 1.23. The average molecular weight is 265 g/mol. The van der Waals surface area contributed by atoms with Crippen molar-refractivity contribution in [1.29, 1.82) is 0 Å². The van der Waals surface area contributed by atoms with E-state index in [0.717, 1.165) is 0 Å². The quantitative estimate of drug-likeness (QED) is 0.674. The summed E-state index contributed by atoms with van der Waals surface area (Å²) in [7, 11) is 1.69. The van der Waals surface area contributed by atoms with Gasteiger partial charge in [0, 0.05) is 13.6 Å². The Labute approximate surface area is 112 Å². The number of anilines is 1. The van der Waals surface area contributed by atoms with E-state index in [1.807, 2.05) is 13.8 Å². The van der Waals surface area contributed by atoms with Gasteiger partial charge in [-0.15, -0.1) is 0 Å². The maximum absolute atomic E-state index is 11.7. The molecule has 2 amide bonds. The minimum absolute atomic E-state index is 0.0724. The smallest absolute Gasteiger partial charge is 0.272 e. The van der Waals surface area contributed by atoms with Crippen molar-refractivity contribution in [3.05, 3.63) is 18.1 Å². The van der Waals surface area contributed by atoms with Crippen LogP contribution in [0.2, 0.25) is 0 Å². The number of amides is 2. The van der Waals surface area contributed by atoms with Gasteiger partial charge in [-0.25, -0.2) is 4.98 Å². The molecule has 0 aliphatic carbocycles. The highest BCUT2D eigenvalue weighted by Gasteiger charge is 2.10. The van der Waals surface area contributed by atoms with Crippen molar-refractivity contribution >= 4 is 17.6 Å². The highest BCUT2D eigenvalue weighted by Crippen LogP contribution is 2.00. The summed E-state index contributed by atoms with van der Waals surface area (Å²) in [5, 5.41) is 7.99. The number of hydrogen-bond acceptors (Lipinski definition) is 5. The third-order valence-electron chi connectivity index (χ3n) is 2.24. The van der Waals surface area contributed by atoms with Gasteiger partial charge in [0.2, 0.25) is 5.91 Å². The Balaban J connectivity index is 2.44. The Bertz CT molecular complexity index is 448. The normalized spacial score (nSPS) is 10.1. The molecule has 0 aliphatic heterocycles. The number of carbonyl (C=O) groups is 2. The number of aromatic nitrogens is 2.